The number of halogens is 3. The first-order valence-electron chi connectivity index (χ1n) is 5.72. The lowest BCUT2D eigenvalue weighted by atomic mass is 10.2. The van der Waals surface area contributed by atoms with E-state index in [1.165, 1.54) is 35.6 Å². The SMILES string of the molecule is NCC(Oc1ccc(OC(F)(F)F)cc1)c1ccsc1. The maximum atomic E-state index is 12.0. The molecule has 0 aliphatic rings. The lowest BCUT2D eigenvalue weighted by Gasteiger charge is -2.17. The van der Waals surface area contributed by atoms with Gasteiger partial charge in [-0.3, -0.25) is 0 Å². The topological polar surface area (TPSA) is 44.5 Å². The Morgan fingerprint density at radius 3 is 2.25 bits per heavy atom. The first-order chi connectivity index (χ1) is 9.48. The number of thiophene rings is 1. The molecule has 0 fully saturated rings. The summed E-state index contributed by atoms with van der Waals surface area (Å²) in [5, 5.41) is 3.82. The van der Waals surface area contributed by atoms with Gasteiger partial charge < -0.3 is 15.2 Å². The van der Waals surface area contributed by atoms with Gasteiger partial charge in [-0.15, -0.1) is 13.2 Å². The largest absolute Gasteiger partial charge is 0.573 e. The smallest absolute Gasteiger partial charge is 0.484 e. The molecule has 0 aliphatic carbocycles. The fraction of sp³-hybridized carbons (Fsp3) is 0.231. The maximum Gasteiger partial charge on any atom is 0.573 e. The third kappa shape index (κ3) is 4.14. The van der Waals surface area contributed by atoms with Crippen molar-refractivity contribution in [2.45, 2.75) is 12.5 Å². The molecule has 1 heterocycles. The molecule has 0 radical (unpaired) electrons. The highest BCUT2D eigenvalue weighted by atomic mass is 32.1. The molecule has 0 saturated carbocycles. The van der Waals surface area contributed by atoms with Crippen LogP contribution in [0.5, 0.6) is 11.5 Å². The fourth-order valence-corrected chi connectivity index (χ4v) is 2.30. The quantitative estimate of drug-likeness (QED) is 0.915. The van der Waals surface area contributed by atoms with Crippen LogP contribution in [0.3, 0.4) is 0 Å². The Morgan fingerprint density at radius 2 is 1.75 bits per heavy atom. The molecule has 3 nitrogen and oxygen atoms in total. The molecule has 1 aromatic carbocycles. The number of benzene rings is 1. The number of ether oxygens (including phenoxy) is 2. The van der Waals surface area contributed by atoms with Crippen LogP contribution in [0.25, 0.3) is 0 Å². The zero-order valence-corrected chi connectivity index (χ0v) is 11.1. The van der Waals surface area contributed by atoms with Crippen LogP contribution >= 0.6 is 11.3 Å². The first-order valence-corrected chi connectivity index (χ1v) is 6.67. The van der Waals surface area contributed by atoms with Gasteiger partial charge in [-0.25, -0.2) is 0 Å². The van der Waals surface area contributed by atoms with Gasteiger partial charge in [0, 0.05) is 12.1 Å². The summed E-state index contributed by atoms with van der Waals surface area (Å²) < 4.78 is 45.5. The molecular weight excluding hydrogens is 291 g/mol. The average Bonchev–Trinajstić information content (AvgIpc) is 2.90. The highest BCUT2D eigenvalue weighted by molar-refractivity contribution is 7.07. The zero-order chi connectivity index (χ0) is 14.6. The summed E-state index contributed by atoms with van der Waals surface area (Å²) in [7, 11) is 0. The third-order valence-electron chi connectivity index (χ3n) is 2.46. The van der Waals surface area contributed by atoms with E-state index in [0.29, 0.717) is 5.75 Å². The van der Waals surface area contributed by atoms with Gasteiger partial charge in [0.1, 0.15) is 17.6 Å². The standard InChI is InChI=1S/C13H12F3NO2S/c14-13(15,16)19-11-3-1-10(2-4-11)18-12(7-17)9-5-6-20-8-9/h1-6,8,12H,7,17H2. The van der Waals surface area contributed by atoms with Crippen LogP contribution in [-0.4, -0.2) is 12.9 Å². The Labute approximate surface area is 117 Å². The van der Waals surface area contributed by atoms with E-state index in [-0.39, 0.29) is 18.4 Å². The Bertz CT molecular complexity index is 526. The Morgan fingerprint density at radius 1 is 1.10 bits per heavy atom. The van der Waals surface area contributed by atoms with Gasteiger partial charge in [-0.1, -0.05) is 0 Å². The first kappa shape index (κ1) is 14.7. The van der Waals surface area contributed by atoms with Gasteiger partial charge in [-0.05, 0) is 41.1 Å². The minimum absolute atomic E-state index is 0.275. The van der Waals surface area contributed by atoms with Crippen LogP contribution < -0.4 is 15.2 Å². The second-order valence-corrected chi connectivity index (χ2v) is 4.70. The highest BCUT2D eigenvalue weighted by Crippen LogP contribution is 2.27. The fourth-order valence-electron chi connectivity index (χ4n) is 1.59. The van der Waals surface area contributed by atoms with Crippen LogP contribution in [0.4, 0.5) is 13.2 Å². The number of hydrogen-bond donors (Lipinski definition) is 1. The third-order valence-corrected chi connectivity index (χ3v) is 3.17. The summed E-state index contributed by atoms with van der Waals surface area (Å²) in [6.45, 7) is 0.275. The van der Waals surface area contributed by atoms with Crippen LogP contribution in [0.2, 0.25) is 0 Å². The van der Waals surface area contributed by atoms with Crippen LogP contribution in [-0.2, 0) is 0 Å². The monoisotopic (exact) mass is 303 g/mol. The normalized spacial score (nSPS) is 13.0. The number of alkyl halides is 3. The van der Waals surface area contributed by atoms with Crippen LogP contribution in [0.1, 0.15) is 11.7 Å². The van der Waals surface area contributed by atoms with E-state index in [0.717, 1.165) is 5.56 Å². The van der Waals surface area contributed by atoms with Gasteiger partial charge >= 0.3 is 6.36 Å². The Kier molecular flexibility index (Phi) is 4.51. The van der Waals surface area contributed by atoms with E-state index >= 15 is 0 Å². The van der Waals surface area contributed by atoms with Crippen molar-refractivity contribution in [1.82, 2.24) is 0 Å². The van der Waals surface area contributed by atoms with Crippen molar-refractivity contribution in [2.24, 2.45) is 5.73 Å². The predicted octanol–water partition coefficient (Wildman–Crippen LogP) is 3.73. The Balaban J connectivity index is 2.03. The molecule has 0 spiro atoms. The number of hydrogen-bond acceptors (Lipinski definition) is 4. The maximum absolute atomic E-state index is 12.0. The molecule has 1 unspecified atom stereocenters. The predicted molar refractivity (Wildman–Crippen MR) is 69.9 cm³/mol. The summed E-state index contributed by atoms with van der Waals surface area (Å²) in [6, 6.07) is 7.11. The van der Waals surface area contributed by atoms with E-state index < -0.39 is 6.36 Å². The molecule has 2 rings (SSSR count). The van der Waals surface area contributed by atoms with Crippen molar-refractivity contribution in [1.29, 1.82) is 0 Å². The van der Waals surface area contributed by atoms with Gasteiger partial charge in [0.25, 0.3) is 0 Å². The molecule has 2 N–H and O–H groups in total. The van der Waals surface area contributed by atoms with Crippen molar-refractivity contribution in [2.75, 3.05) is 6.54 Å². The summed E-state index contributed by atoms with van der Waals surface area (Å²) in [4.78, 5) is 0. The van der Waals surface area contributed by atoms with Crippen molar-refractivity contribution >= 4 is 11.3 Å². The number of rotatable bonds is 5. The highest BCUT2D eigenvalue weighted by Gasteiger charge is 2.31. The van der Waals surface area contributed by atoms with Gasteiger partial charge in [0.15, 0.2) is 0 Å². The molecule has 0 aliphatic heterocycles. The van der Waals surface area contributed by atoms with Crippen molar-refractivity contribution < 1.29 is 22.6 Å². The molecule has 0 bridgehead atoms. The molecule has 0 saturated heterocycles. The van der Waals surface area contributed by atoms with Crippen molar-refractivity contribution in [3.8, 4) is 11.5 Å². The molecule has 108 valence electrons. The Hall–Kier alpha value is -1.73. The molecule has 1 aromatic heterocycles. The second kappa shape index (κ2) is 6.15. The van der Waals surface area contributed by atoms with Crippen molar-refractivity contribution in [3.63, 3.8) is 0 Å². The lowest BCUT2D eigenvalue weighted by molar-refractivity contribution is -0.274. The van der Waals surface area contributed by atoms with Gasteiger partial charge in [-0.2, -0.15) is 11.3 Å². The molecule has 7 heteroatoms. The van der Waals surface area contributed by atoms with E-state index in [9.17, 15) is 13.2 Å². The average molecular weight is 303 g/mol. The molecule has 2 aromatic rings. The molecular formula is C13H12F3NO2S. The van der Waals surface area contributed by atoms with Gasteiger partial charge in [0.2, 0.25) is 0 Å². The summed E-state index contributed by atoms with van der Waals surface area (Å²) >= 11 is 1.52. The minimum Gasteiger partial charge on any atom is -0.484 e. The summed E-state index contributed by atoms with van der Waals surface area (Å²) in [5.41, 5.74) is 6.57. The minimum atomic E-state index is -4.70. The van der Waals surface area contributed by atoms with Gasteiger partial charge in [0.05, 0.1) is 0 Å². The van der Waals surface area contributed by atoms with Crippen LogP contribution in [0, 0.1) is 0 Å². The van der Waals surface area contributed by atoms with Crippen LogP contribution in [0.15, 0.2) is 41.1 Å². The van der Waals surface area contributed by atoms with E-state index in [4.69, 9.17) is 10.5 Å². The molecule has 0 amide bonds. The van der Waals surface area contributed by atoms with Crippen molar-refractivity contribution in [3.05, 3.63) is 46.7 Å². The van der Waals surface area contributed by atoms with E-state index in [2.05, 4.69) is 4.74 Å². The number of nitrogens with two attached hydrogens (primary N) is 1. The molecule has 1 atom stereocenters. The molecule has 20 heavy (non-hydrogen) atoms. The van der Waals surface area contributed by atoms with E-state index in [1.54, 1.807) is 0 Å². The zero-order valence-electron chi connectivity index (χ0n) is 10.3. The summed E-state index contributed by atoms with van der Waals surface area (Å²) in [5.74, 6) is 0.144. The van der Waals surface area contributed by atoms with E-state index in [1.807, 2.05) is 16.8 Å². The second-order valence-electron chi connectivity index (χ2n) is 3.92. The lowest BCUT2D eigenvalue weighted by Crippen LogP contribution is -2.18. The summed E-state index contributed by atoms with van der Waals surface area (Å²) in [6.07, 6.45) is -5.02.